The smallest absolute Gasteiger partial charge is 0.307 e. The summed E-state index contributed by atoms with van der Waals surface area (Å²) < 4.78 is 27.3. The highest BCUT2D eigenvalue weighted by molar-refractivity contribution is 5.70. The van der Waals surface area contributed by atoms with Crippen LogP contribution in [0, 0.1) is 0 Å². The average Bonchev–Trinajstić information content (AvgIpc) is 3.23. The molecule has 0 spiro atoms. The van der Waals surface area contributed by atoms with Crippen molar-refractivity contribution >= 4 is 17.9 Å². The van der Waals surface area contributed by atoms with Crippen LogP contribution < -0.4 is 0 Å². The number of ether oxygens (including phenoxy) is 5. The van der Waals surface area contributed by atoms with Gasteiger partial charge in [0.05, 0.1) is 53.2 Å². The van der Waals surface area contributed by atoms with Crippen molar-refractivity contribution < 1.29 is 47.8 Å². The Bertz CT molecular complexity index is 866. The van der Waals surface area contributed by atoms with Gasteiger partial charge in [0.1, 0.15) is 6.61 Å². The van der Waals surface area contributed by atoms with Gasteiger partial charge in [-0.3, -0.25) is 24.2 Å². The van der Waals surface area contributed by atoms with Gasteiger partial charge in [0.15, 0.2) is 0 Å². The van der Waals surface area contributed by atoms with E-state index in [-0.39, 0.29) is 24.3 Å². The molecule has 0 aromatic carbocycles. The lowest BCUT2D eigenvalue weighted by atomic mass is 10.1. The molecular weight excluding hydrogens is 753 g/mol. The fraction of sp³-hybridized carbons (Fsp3) is 0.936. The molecule has 0 aromatic rings. The number of methoxy groups -OCH3 is 1. The highest BCUT2D eigenvalue weighted by Crippen LogP contribution is 2.12. The van der Waals surface area contributed by atoms with Gasteiger partial charge in [0.25, 0.3) is 0 Å². The first kappa shape index (κ1) is 57.2. The van der Waals surface area contributed by atoms with Crippen molar-refractivity contribution in [2.45, 2.75) is 187 Å². The summed E-state index contributed by atoms with van der Waals surface area (Å²) in [7, 11) is 3.12. The number of esters is 3. The van der Waals surface area contributed by atoms with Gasteiger partial charge >= 0.3 is 17.9 Å². The van der Waals surface area contributed by atoms with Crippen molar-refractivity contribution in [2.75, 3.05) is 99.7 Å². The summed E-state index contributed by atoms with van der Waals surface area (Å²) in [6.45, 7) is 12.0. The molecule has 0 bridgehead atoms. The molecule has 0 aliphatic carbocycles. The summed E-state index contributed by atoms with van der Waals surface area (Å²) in [5.41, 5.74) is 0. The Morgan fingerprint density at radius 2 is 0.763 bits per heavy atom. The Hall–Kier alpha value is -1.83. The SMILES string of the molecule is CCCCCCCCCCCOC(=O)CCCCCN(CCCCCC(=O)OCCCCCCCCCCC)CCOC(=O)CCN(CCOCCOC)CCOOC. The van der Waals surface area contributed by atoms with E-state index in [0.29, 0.717) is 85.3 Å². The van der Waals surface area contributed by atoms with Crippen LogP contribution in [0.4, 0.5) is 0 Å². The molecule has 12 nitrogen and oxygen atoms in total. The molecule has 0 unspecified atom stereocenters. The molecule has 0 radical (unpaired) electrons. The van der Waals surface area contributed by atoms with Gasteiger partial charge in [0.2, 0.25) is 0 Å². The van der Waals surface area contributed by atoms with E-state index in [2.05, 4.69) is 23.6 Å². The number of hydrogen-bond donors (Lipinski definition) is 0. The van der Waals surface area contributed by atoms with Crippen LogP contribution in [0.15, 0.2) is 0 Å². The van der Waals surface area contributed by atoms with Gasteiger partial charge in [-0.15, -0.1) is 0 Å². The second kappa shape index (κ2) is 47.2. The quantitative estimate of drug-likeness (QED) is 0.0191. The van der Waals surface area contributed by atoms with E-state index in [4.69, 9.17) is 33.5 Å². The van der Waals surface area contributed by atoms with Crippen LogP contribution in [0.3, 0.4) is 0 Å². The summed E-state index contributed by atoms with van der Waals surface area (Å²) in [4.78, 5) is 51.5. The monoisotopic (exact) mass is 845 g/mol. The van der Waals surface area contributed by atoms with Gasteiger partial charge in [-0.25, -0.2) is 9.78 Å². The Morgan fingerprint density at radius 1 is 0.356 bits per heavy atom. The van der Waals surface area contributed by atoms with E-state index in [9.17, 15) is 14.4 Å². The summed E-state index contributed by atoms with van der Waals surface area (Å²) in [5.74, 6) is -0.420. The van der Waals surface area contributed by atoms with Gasteiger partial charge in [-0.1, -0.05) is 129 Å². The lowest BCUT2D eigenvalue weighted by Crippen LogP contribution is -2.34. The first-order valence-corrected chi connectivity index (χ1v) is 24.1. The van der Waals surface area contributed by atoms with Crippen LogP contribution in [0.5, 0.6) is 0 Å². The lowest BCUT2D eigenvalue weighted by Gasteiger charge is -2.23. The minimum absolute atomic E-state index is 0.0940. The second-order valence-corrected chi connectivity index (χ2v) is 16.0. The Morgan fingerprint density at radius 3 is 1.25 bits per heavy atom. The molecule has 12 heteroatoms. The molecule has 0 N–H and O–H groups in total. The summed E-state index contributed by atoms with van der Waals surface area (Å²) >= 11 is 0. The third-order valence-electron chi connectivity index (χ3n) is 10.6. The van der Waals surface area contributed by atoms with Crippen molar-refractivity contribution in [1.82, 2.24) is 9.80 Å². The first-order chi connectivity index (χ1) is 29.0. The maximum Gasteiger partial charge on any atom is 0.307 e. The van der Waals surface area contributed by atoms with E-state index in [1.807, 2.05) is 0 Å². The molecule has 0 aliphatic rings. The molecule has 0 saturated carbocycles. The number of rotatable bonds is 48. The lowest BCUT2D eigenvalue weighted by molar-refractivity contribution is -0.273. The minimum atomic E-state index is -0.232. The largest absolute Gasteiger partial charge is 0.466 e. The highest BCUT2D eigenvalue weighted by atomic mass is 17.2. The van der Waals surface area contributed by atoms with Gasteiger partial charge < -0.3 is 23.7 Å². The Kier molecular flexibility index (Phi) is 45.8. The molecule has 0 fully saturated rings. The van der Waals surface area contributed by atoms with E-state index < -0.39 is 0 Å². The molecule has 0 heterocycles. The topological polar surface area (TPSA) is 122 Å². The van der Waals surface area contributed by atoms with E-state index in [0.717, 1.165) is 77.3 Å². The number of hydrogen-bond acceptors (Lipinski definition) is 12. The first-order valence-electron chi connectivity index (χ1n) is 24.1. The van der Waals surface area contributed by atoms with Crippen molar-refractivity contribution in [3.05, 3.63) is 0 Å². The third-order valence-corrected chi connectivity index (χ3v) is 10.6. The zero-order valence-corrected chi connectivity index (χ0v) is 38.8. The van der Waals surface area contributed by atoms with Crippen LogP contribution >= 0.6 is 0 Å². The Labute approximate surface area is 361 Å². The average molecular weight is 845 g/mol. The number of carbonyl (C=O) groups excluding carboxylic acids is 3. The van der Waals surface area contributed by atoms with E-state index in [1.165, 1.54) is 97.0 Å². The second-order valence-electron chi connectivity index (χ2n) is 16.0. The van der Waals surface area contributed by atoms with Gasteiger partial charge in [0, 0.05) is 46.1 Å². The van der Waals surface area contributed by atoms with Crippen LogP contribution in [0.2, 0.25) is 0 Å². The minimum Gasteiger partial charge on any atom is -0.466 e. The fourth-order valence-electron chi connectivity index (χ4n) is 6.87. The van der Waals surface area contributed by atoms with Crippen LogP contribution in [0.1, 0.15) is 187 Å². The molecule has 0 rings (SSSR count). The summed E-state index contributed by atoms with van der Waals surface area (Å²) in [5, 5.41) is 0. The zero-order chi connectivity index (χ0) is 43.1. The molecule has 0 aliphatic heterocycles. The Balaban J connectivity index is 4.53. The third kappa shape index (κ3) is 44.0. The molecule has 59 heavy (non-hydrogen) atoms. The normalized spacial score (nSPS) is 11.5. The number of unbranched alkanes of at least 4 members (excludes halogenated alkanes) is 20. The number of nitrogens with zero attached hydrogens (tertiary/aromatic N) is 2. The molecule has 0 saturated heterocycles. The van der Waals surface area contributed by atoms with Crippen molar-refractivity contribution in [1.29, 1.82) is 0 Å². The predicted octanol–water partition coefficient (Wildman–Crippen LogP) is 10.0. The van der Waals surface area contributed by atoms with E-state index in [1.54, 1.807) is 7.11 Å². The standard InChI is InChI=1S/C47H92N2O10/c1-5-7-9-11-13-15-17-19-27-38-56-45(50)29-23-21-25-32-48(33-26-22-24-30-46(51)57-39-28-20-18-16-14-12-10-8-6-2)36-41-58-47(52)31-34-49(37-42-59-54-4)35-40-55-44-43-53-3/h5-44H2,1-4H3. The van der Waals surface area contributed by atoms with Crippen molar-refractivity contribution in [2.24, 2.45) is 0 Å². The highest BCUT2D eigenvalue weighted by Gasteiger charge is 2.12. The van der Waals surface area contributed by atoms with Crippen LogP contribution in [0.25, 0.3) is 0 Å². The van der Waals surface area contributed by atoms with Crippen LogP contribution in [-0.4, -0.2) is 127 Å². The molecule has 0 aromatic heterocycles. The molecule has 0 amide bonds. The van der Waals surface area contributed by atoms with Crippen LogP contribution in [-0.2, 0) is 47.8 Å². The fourth-order valence-corrected chi connectivity index (χ4v) is 6.87. The summed E-state index contributed by atoms with van der Waals surface area (Å²) in [6, 6.07) is 0. The molecular formula is C47H92N2O10. The predicted molar refractivity (Wildman–Crippen MR) is 237 cm³/mol. The van der Waals surface area contributed by atoms with E-state index >= 15 is 0 Å². The molecule has 350 valence electrons. The van der Waals surface area contributed by atoms with Crippen molar-refractivity contribution in [3.63, 3.8) is 0 Å². The maximum absolute atomic E-state index is 12.7. The van der Waals surface area contributed by atoms with Gasteiger partial charge in [-0.2, -0.15) is 0 Å². The van der Waals surface area contributed by atoms with Crippen molar-refractivity contribution in [3.8, 4) is 0 Å². The summed E-state index contributed by atoms with van der Waals surface area (Å²) in [6.07, 6.45) is 29.0. The van der Waals surface area contributed by atoms with Gasteiger partial charge in [-0.05, 0) is 51.6 Å². The zero-order valence-electron chi connectivity index (χ0n) is 38.8. The maximum atomic E-state index is 12.7. The number of carbonyl (C=O) groups is 3. The molecule has 0 atom stereocenters.